The highest BCUT2D eigenvalue weighted by Crippen LogP contribution is 2.12. The van der Waals surface area contributed by atoms with Crippen LogP contribution in [0.2, 0.25) is 0 Å². The molecule has 31 heavy (non-hydrogen) atoms. The maximum absolute atomic E-state index is 13.1. The Hall–Kier alpha value is -1.56. The van der Waals surface area contributed by atoms with Crippen LogP contribution in [0.25, 0.3) is 0 Å². The zero-order valence-electron chi connectivity index (χ0n) is 18.4. The number of benzene rings is 1. The Kier molecular flexibility index (Phi) is 11.4. The highest BCUT2D eigenvalue weighted by molar-refractivity contribution is 7.89. The molecule has 0 aromatic heterocycles. The summed E-state index contributed by atoms with van der Waals surface area (Å²) in [6.07, 6.45) is 0.323. The molecule has 1 aliphatic heterocycles. The number of hydrogen-bond acceptors (Lipinski definition) is 7. The molecular weight excluding hydrogens is 424 g/mol. The number of carbonyl (C=O) groups excluding carboxylic acids is 1. The van der Waals surface area contributed by atoms with Crippen molar-refractivity contribution in [2.45, 2.75) is 31.2 Å². The molecule has 176 valence electrons. The highest BCUT2D eigenvalue weighted by atomic mass is 32.2. The fourth-order valence-corrected chi connectivity index (χ4v) is 4.22. The molecule has 2 rings (SSSR count). The van der Waals surface area contributed by atoms with E-state index in [0.29, 0.717) is 72.4 Å². The van der Waals surface area contributed by atoms with Gasteiger partial charge < -0.3 is 23.8 Å². The van der Waals surface area contributed by atoms with E-state index in [0.717, 1.165) is 5.56 Å². The molecule has 0 radical (unpaired) electrons. The van der Waals surface area contributed by atoms with E-state index in [9.17, 15) is 13.2 Å². The molecule has 1 aromatic rings. The first-order valence-corrected chi connectivity index (χ1v) is 12.1. The molecule has 1 amide bonds. The average molecular weight is 459 g/mol. The maximum Gasteiger partial charge on any atom is 0.241 e. The van der Waals surface area contributed by atoms with Crippen LogP contribution in [0.3, 0.4) is 0 Å². The predicted octanol–water partition coefficient (Wildman–Crippen LogP) is 0.961. The first kappa shape index (κ1) is 25.7. The van der Waals surface area contributed by atoms with Crippen LogP contribution >= 0.6 is 0 Å². The third-order valence-corrected chi connectivity index (χ3v) is 6.26. The summed E-state index contributed by atoms with van der Waals surface area (Å²) in [5.74, 6) is -0.304. The number of ether oxygens (including phenoxy) is 4. The number of sulfonamides is 1. The Morgan fingerprint density at radius 1 is 0.903 bits per heavy atom. The number of hydrogen-bond donors (Lipinski definition) is 1. The molecule has 1 heterocycles. The number of nitrogens with one attached hydrogen (secondary N) is 1. The van der Waals surface area contributed by atoms with E-state index in [4.69, 9.17) is 18.9 Å². The van der Waals surface area contributed by atoms with Crippen molar-refractivity contribution in [2.75, 3.05) is 65.9 Å². The van der Waals surface area contributed by atoms with E-state index in [1.807, 2.05) is 6.92 Å². The number of aryl methyl sites for hydroxylation is 1. The molecule has 0 spiro atoms. The van der Waals surface area contributed by atoms with Gasteiger partial charge in [0, 0.05) is 13.1 Å². The van der Waals surface area contributed by atoms with Gasteiger partial charge >= 0.3 is 0 Å². The van der Waals surface area contributed by atoms with E-state index in [1.165, 1.54) is 12.1 Å². The minimum Gasteiger partial charge on any atom is -0.377 e. The van der Waals surface area contributed by atoms with Crippen LogP contribution < -0.4 is 4.72 Å². The third-order valence-electron chi connectivity index (χ3n) is 4.77. The topological polar surface area (TPSA) is 103 Å². The summed E-state index contributed by atoms with van der Waals surface area (Å²) < 4.78 is 49.9. The number of amides is 1. The van der Waals surface area contributed by atoms with E-state index < -0.39 is 16.1 Å². The first-order chi connectivity index (χ1) is 14.9. The van der Waals surface area contributed by atoms with Gasteiger partial charge in [0.2, 0.25) is 15.9 Å². The van der Waals surface area contributed by atoms with Gasteiger partial charge in [-0.1, -0.05) is 24.6 Å². The normalized spacial score (nSPS) is 19.2. The van der Waals surface area contributed by atoms with Crippen molar-refractivity contribution in [1.82, 2.24) is 9.62 Å². The van der Waals surface area contributed by atoms with E-state index in [2.05, 4.69) is 4.72 Å². The second-order valence-electron chi connectivity index (χ2n) is 7.17. The van der Waals surface area contributed by atoms with Gasteiger partial charge in [0.1, 0.15) is 6.04 Å². The van der Waals surface area contributed by atoms with Gasteiger partial charge in [-0.15, -0.1) is 0 Å². The summed E-state index contributed by atoms with van der Waals surface area (Å²) in [5, 5.41) is 0. The molecule has 0 unspecified atom stereocenters. The SMILES string of the molecule is CC[C@H](NS(=O)(=O)c1ccc(C)cc1)C(=O)N1CCOCCOCCOCCOCC1. The second-order valence-corrected chi connectivity index (χ2v) is 8.88. The van der Waals surface area contributed by atoms with Crippen molar-refractivity contribution in [3.05, 3.63) is 29.8 Å². The molecule has 0 saturated carbocycles. The molecule has 1 aromatic carbocycles. The van der Waals surface area contributed by atoms with Gasteiger partial charge in [-0.2, -0.15) is 4.72 Å². The van der Waals surface area contributed by atoms with Crippen molar-refractivity contribution < 1.29 is 32.2 Å². The average Bonchev–Trinajstić information content (AvgIpc) is 2.76. The van der Waals surface area contributed by atoms with Crippen LogP contribution in [-0.4, -0.2) is 91.2 Å². The Bertz CT molecular complexity index is 739. The summed E-state index contributed by atoms with van der Waals surface area (Å²) in [4.78, 5) is 14.8. The lowest BCUT2D eigenvalue weighted by Crippen LogP contribution is -2.50. The summed E-state index contributed by atoms with van der Waals surface area (Å²) in [6, 6.07) is 5.64. The van der Waals surface area contributed by atoms with Crippen molar-refractivity contribution >= 4 is 15.9 Å². The molecule has 10 heteroatoms. The Morgan fingerprint density at radius 3 is 1.81 bits per heavy atom. The highest BCUT2D eigenvalue weighted by Gasteiger charge is 2.28. The van der Waals surface area contributed by atoms with Crippen molar-refractivity contribution in [3.63, 3.8) is 0 Å². The largest absolute Gasteiger partial charge is 0.377 e. The minimum absolute atomic E-state index is 0.132. The molecule has 1 atom stereocenters. The number of nitrogens with zero attached hydrogens (tertiary/aromatic N) is 1. The first-order valence-electron chi connectivity index (χ1n) is 10.6. The monoisotopic (exact) mass is 458 g/mol. The van der Waals surface area contributed by atoms with Crippen LogP contribution in [0.1, 0.15) is 18.9 Å². The lowest BCUT2D eigenvalue weighted by Gasteiger charge is -2.27. The quantitative estimate of drug-likeness (QED) is 0.701. The lowest BCUT2D eigenvalue weighted by atomic mass is 10.2. The second kappa shape index (κ2) is 13.8. The van der Waals surface area contributed by atoms with Gasteiger partial charge in [0.05, 0.1) is 57.8 Å². The standard InChI is InChI=1S/C21H34N2O7S/c1-3-20(22-31(25,26)19-6-4-18(2)5-7-19)21(24)23-8-10-27-12-14-29-16-17-30-15-13-28-11-9-23/h4-7,20,22H,3,8-17H2,1-2H3/t20-/m0/s1. The predicted molar refractivity (Wildman–Crippen MR) is 115 cm³/mol. The van der Waals surface area contributed by atoms with E-state index in [-0.39, 0.29) is 10.8 Å². The van der Waals surface area contributed by atoms with Gasteiger partial charge in [0.25, 0.3) is 0 Å². The van der Waals surface area contributed by atoms with Crippen molar-refractivity contribution in [1.29, 1.82) is 0 Å². The van der Waals surface area contributed by atoms with E-state index in [1.54, 1.807) is 24.0 Å². The molecule has 9 nitrogen and oxygen atoms in total. The summed E-state index contributed by atoms with van der Waals surface area (Å²) in [5.41, 5.74) is 0.958. The van der Waals surface area contributed by atoms with E-state index >= 15 is 0 Å². The summed E-state index contributed by atoms with van der Waals surface area (Å²) in [6.45, 7) is 7.68. The molecule has 1 N–H and O–H groups in total. The number of carbonyl (C=O) groups is 1. The Morgan fingerprint density at radius 2 is 1.35 bits per heavy atom. The van der Waals surface area contributed by atoms with Gasteiger partial charge in [-0.3, -0.25) is 4.79 Å². The lowest BCUT2D eigenvalue weighted by molar-refractivity contribution is -0.134. The molecule has 1 saturated heterocycles. The van der Waals surface area contributed by atoms with Crippen LogP contribution in [-0.2, 0) is 33.8 Å². The van der Waals surface area contributed by atoms with Crippen LogP contribution in [0.15, 0.2) is 29.2 Å². The zero-order valence-corrected chi connectivity index (χ0v) is 19.2. The Balaban J connectivity index is 2.01. The molecule has 1 fully saturated rings. The summed E-state index contributed by atoms with van der Waals surface area (Å²) in [7, 11) is -3.82. The fraction of sp³-hybridized carbons (Fsp3) is 0.667. The van der Waals surface area contributed by atoms with Crippen LogP contribution in [0, 0.1) is 6.92 Å². The fourth-order valence-electron chi connectivity index (χ4n) is 2.94. The van der Waals surface area contributed by atoms with Crippen LogP contribution in [0.5, 0.6) is 0 Å². The molecule has 1 aliphatic rings. The third kappa shape index (κ3) is 9.22. The molecule has 0 aliphatic carbocycles. The van der Waals surface area contributed by atoms with Crippen LogP contribution in [0.4, 0.5) is 0 Å². The van der Waals surface area contributed by atoms with Gasteiger partial charge in [0.15, 0.2) is 0 Å². The van der Waals surface area contributed by atoms with Crippen molar-refractivity contribution in [2.24, 2.45) is 0 Å². The maximum atomic E-state index is 13.1. The smallest absolute Gasteiger partial charge is 0.241 e. The van der Waals surface area contributed by atoms with Gasteiger partial charge in [-0.05, 0) is 25.5 Å². The van der Waals surface area contributed by atoms with Crippen molar-refractivity contribution in [3.8, 4) is 0 Å². The zero-order chi connectivity index (χ0) is 22.5. The molecular formula is C21H34N2O7S. The van der Waals surface area contributed by atoms with Gasteiger partial charge in [-0.25, -0.2) is 8.42 Å². The Labute approximate surface area is 185 Å². The molecule has 0 bridgehead atoms. The summed E-state index contributed by atoms with van der Waals surface area (Å²) >= 11 is 0. The number of rotatable bonds is 5. The minimum atomic E-state index is -3.82.